The van der Waals surface area contributed by atoms with Crippen molar-refractivity contribution in [2.24, 2.45) is 11.8 Å². The van der Waals surface area contributed by atoms with E-state index < -0.39 is 59.6 Å². The number of hydrogen-bond acceptors (Lipinski definition) is 4. The minimum Gasteiger partial charge on any atom is -0.373 e. The summed E-state index contributed by atoms with van der Waals surface area (Å²) in [6.07, 6.45) is -11.8. The van der Waals surface area contributed by atoms with Crippen LogP contribution < -0.4 is 0 Å². The van der Waals surface area contributed by atoms with Crippen LogP contribution in [0.3, 0.4) is 0 Å². The fourth-order valence-corrected chi connectivity index (χ4v) is 6.28. The van der Waals surface area contributed by atoms with Crippen LogP contribution in [0.25, 0.3) is 0 Å². The van der Waals surface area contributed by atoms with Gasteiger partial charge < -0.3 is 4.74 Å². The number of Topliss-reactive ketones (excluding diaryl/α,β-unsaturated/α-hetero) is 2. The number of hydrogen-bond donors (Lipinski definition) is 0. The van der Waals surface area contributed by atoms with Gasteiger partial charge in [-0.05, 0) is 61.6 Å². The molecule has 2 saturated heterocycles. The summed E-state index contributed by atoms with van der Waals surface area (Å²) in [5.74, 6) is -4.22. The molecule has 5 rings (SSSR count). The van der Waals surface area contributed by atoms with Gasteiger partial charge in [0.05, 0.1) is 24.0 Å². The minimum atomic E-state index is -5.08. The molecule has 4 nitrogen and oxygen atoms in total. The first-order chi connectivity index (χ1) is 16.2. The van der Waals surface area contributed by atoms with Gasteiger partial charge in [-0.2, -0.15) is 26.3 Å². The van der Waals surface area contributed by atoms with Gasteiger partial charge in [0.2, 0.25) is 0 Å². The van der Waals surface area contributed by atoms with Crippen LogP contribution in [0.4, 0.5) is 26.3 Å². The van der Waals surface area contributed by atoms with Crippen molar-refractivity contribution in [1.29, 1.82) is 0 Å². The number of carbonyl (C=O) groups is 2. The molecule has 3 aliphatic rings. The molecular weight excluding hydrogens is 476 g/mol. The molecule has 0 N–H and O–H groups in total. The molecule has 3 fully saturated rings. The van der Waals surface area contributed by atoms with E-state index in [4.69, 9.17) is 4.74 Å². The predicted octanol–water partition coefficient (Wildman–Crippen LogP) is 5.47. The Morgan fingerprint density at radius 2 is 1.34 bits per heavy atom. The first-order valence-corrected chi connectivity index (χ1v) is 11.2. The molecule has 35 heavy (non-hydrogen) atoms. The third kappa shape index (κ3) is 3.68. The molecule has 186 valence electrons. The summed E-state index contributed by atoms with van der Waals surface area (Å²) in [6.45, 7) is 5.52. The quantitative estimate of drug-likeness (QED) is 0.408. The summed E-state index contributed by atoms with van der Waals surface area (Å²) >= 11 is 0. The van der Waals surface area contributed by atoms with E-state index in [1.54, 1.807) is 0 Å². The summed E-state index contributed by atoms with van der Waals surface area (Å²) in [4.78, 5) is 29.7. The maximum absolute atomic E-state index is 13.5. The molecule has 0 radical (unpaired) electrons. The molecule has 10 heteroatoms. The summed E-state index contributed by atoms with van der Waals surface area (Å²) in [7, 11) is 0. The summed E-state index contributed by atoms with van der Waals surface area (Å²) in [6, 6.07) is 4.93. The number of pyridine rings is 1. The van der Waals surface area contributed by atoms with Crippen molar-refractivity contribution in [3.05, 3.63) is 63.5 Å². The van der Waals surface area contributed by atoms with E-state index in [0.29, 0.717) is 17.7 Å². The molecule has 1 saturated carbocycles. The lowest BCUT2D eigenvalue weighted by Crippen LogP contribution is -2.34. The SMILES string of the molecule is Cc1cc(C)c(C2C(=O)[C@@H]3[C@@H]4O[C@@H](C[C@H]4c4cc(C(F)(F)F)nc(C(F)(F)F)c4)[C@@H]3C2=O)c(C)c1. The number of carbonyl (C=O) groups excluding carboxylic acids is 2. The Kier molecular flexibility index (Phi) is 5.22. The Morgan fingerprint density at radius 1 is 0.829 bits per heavy atom. The van der Waals surface area contributed by atoms with Crippen LogP contribution in [0.2, 0.25) is 0 Å². The zero-order valence-corrected chi connectivity index (χ0v) is 18.9. The maximum Gasteiger partial charge on any atom is 0.433 e. The van der Waals surface area contributed by atoms with E-state index in [-0.39, 0.29) is 23.6 Å². The van der Waals surface area contributed by atoms with Gasteiger partial charge in [-0.3, -0.25) is 9.59 Å². The van der Waals surface area contributed by atoms with Crippen molar-refractivity contribution in [3.63, 3.8) is 0 Å². The van der Waals surface area contributed by atoms with Crippen molar-refractivity contribution in [1.82, 2.24) is 4.98 Å². The van der Waals surface area contributed by atoms with Crippen molar-refractivity contribution in [2.45, 2.75) is 63.6 Å². The van der Waals surface area contributed by atoms with Crippen LogP contribution >= 0.6 is 0 Å². The number of benzene rings is 1. The largest absolute Gasteiger partial charge is 0.433 e. The average molecular weight is 497 g/mol. The zero-order valence-electron chi connectivity index (χ0n) is 18.9. The maximum atomic E-state index is 13.5. The zero-order chi connectivity index (χ0) is 25.6. The first-order valence-electron chi connectivity index (χ1n) is 11.2. The molecule has 2 aromatic rings. The van der Waals surface area contributed by atoms with Crippen molar-refractivity contribution < 1.29 is 40.7 Å². The molecular formula is C25H21F6NO3. The lowest BCUT2D eigenvalue weighted by atomic mass is 9.73. The molecule has 0 spiro atoms. The Labute approximate surface area is 196 Å². The minimum absolute atomic E-state index is 0.0576. The highest BCUT2D eigenvalue weighted by molar-refractivity contribution is 6.17. The monoisotopic (exact) mass is 497 g/mol. The van der Waals surface area contributed by atoms with Crippen molar-refractivity contribution in [3.8, 4) is 0 Å². The lowest BCUT2D eigenvalue weighted by Gasteiger charge is -2.27. The van der Waals surface area contributed by atoms with Crippen LogP contribution in [0.15, 0.2) is 24.3 Å². The number of rotatable bonds is 2. The third-order valence-electron chi connectivity index (χ3n) is 7.47. The number of fused-ring (bicyclic) bond motifs is 5. The van der Waals surface area contributed by atoms with Crippen LogP contribution in [-0.4, -0.2) is 28.8 Å². The Morgan fingerprint density at radius 3 is 1.86 bits per heavy atom. The number of nitrogens with zero attached hydrogens (tertiary/aromatic N) is 1. The summed E-state index contributed by atoms with van der Waals surface area (Å²) in [5, 5.41) is 0. The van der Waals surface area contributed by atoms with Gasteiger partial charge in [0.25, 0.3) is 0 Å². The highest BCUT2D eigenvalue weighted by Crippen LogP contribution is 2.57. The Balaban J connectivity index is 1.53. The standard InChI is InChI=1S/C25H21F6NO3/c1-9-4-10(2)17(11(3)5-9)19-21(33)18-14-8-13(23(35-14)20(18)22(19)34)12-6-15(24(26,27)28)32-16(7-12)25(29,30)31/h4-7,13-14,18-20,23H,8H2,1-3H3/t13-,14-,18-,19?,20+,23+/m0/s1. The molecule has 2 bridgehead atoms. The van der Waals surface area contributed by atoms with Gasteiger partial charge in [0.15, 0.2) is 11.6 Å². The van der Waals surface area contributed by atoms with E-state index in [2.05, 4.69) is 4.98 Å². The van der Waals surface area contributed by atoms with Crippen LogP contribution in [0, 0.1) is 32.6 Å². The first kappa shape index (κ1) is 24.0. The second-order valence-electron chi connectivity index (χ2n) is 9.75. The second-order valence-corrected chi connectivity index (χ2v) is 9.75. The number of aryl methyl sites for hydroxylation is 3. The molecule has 1 aliphatic carbocycles. The topological polar surface area (TPSA) is 56.3 Å². The summed E-state index contributed by atoms with van der Waals surface area (Å²) in [5.41, 5.74) is -0.367. The van der Waals surface area contributed by atoms with E-state index in [1.807, 2.05) is 32.9 Å². The third-order valence-corrected chi connectivity index (χ3v) is 7.47. The number of ketones is 2. The predicted molar refractivity (Wildman–Crippen MR) is 111 cm³/mol. The number of halogens is 6. The van der Waals surface area contributed by atoms with Crippen molar-refractivity contribution >= 4 is 11.6 Å². The number of alkyl halides is 6. The fraction of sp³-hybridized carbons (Fsp3) is 0.480. The fourth-order valence-electron chi connectivity index (χ4n) is 6.28. The molecule has 1 aromatic heterocycles. The smallest absolute Gasteiger partial charge is 0.373 e. The Hall–Kier alpha value is -2.75. The van der Waals surface area contributed by atoms with Crippen LogP contribution in [-0.2, 0) is 26.7 Å². The highest BCUT2D eigenvalue weighted by Gasteiger charge is 2.66. The van der Waals surface area contributed by atoms with E-state index >= 15 is 0 Å². The molecule has 6 atom stereocenters. The average Bonchev–Trinajstić information content (AvgIpc) is 3.39. The number of aromatic nitrogens is 1. The summed E-state index contributed by atoms with van der Waals surface area (Å²) < 4.78 is 85.8. The molecule has 1 aromatic carbocycles. The molecule has 0 amide bonds. The second kappa shape index (κ2) is 7.62. The molecule has 3 heterocycles. The van der Waals surface area contributed by atoms with Gasteiger partial charge in [0, 0.05) is 5.92 Å². The van der Waals surface area contributed by atoms with Gasteiger partial charge in [-0.1, -0.05) is 17.7 Å². The van der Waals surface area contributed by atoms with Crippen molar-refractivity contribution in [2.75, 3.05) is 0 Å². The Bertz CT molecular complexity index is 1200. The number of ether oxygens (including phenoxy) is 1. The van der Waals surface area contributed by atoms with E-state index in [9.17, 15) is 35.9 Å². The normalized spacial score (nSPS) is 30.3. The molecule has 1 unspecified atom stereocenters. The van der Waals surface area contributed by atoms with Crippen LogP contribution in [0.1, 0.15) is 57.5 Å². The van der Waals surface area contributed by atoms with Gasteiger partial charge >= 0.3 is 12.4 Å². The van der Waals surface area contributed by atoms with Crippen LogP contribution in [0.5, 0.6) is 0 Å². The lowest BCUT2D eigenvalue weighted by molar-refractivity contribution is -0.150. The van der Waals surface area contributed by atoms with Gasteiger partial charge in [0.1, 0.15) is 17.3 Å². The van der Waals surface area contributed by atoms with E-state index in [1.165, 1.54) is 0 Å². The highest BCUT2D eigenvalue weighted by atomic mass is 19.4. The van der Waals surface area contributed by atoms with Gasteiger partial charge in [-0.25, -0.2) is 4.98 Å². The van der Waals surface area contributed by atoms with E-state index in [0.717, 1.165) is 16.7 Å². The molecule has 2 aliphatic heterocycles. The van der Waals surface area contributed by atoms with Gasteiger partial charge in [-0.15, -0.1) is 0 Å².